The van der Waals surface area contributed by atoms with Crippen molar-refractivity contribution in [2.24, 2.45) is 0 Å². The van der Waals surface area contributed by atoms with Crippen LogP contribution in [-0.4, -0.2) is 45.5 Å². The quantitative estimate of drug-likeness (QED) is 0.914. The van der Waals surface area contributed by atoms with Crippen molar-refractivity contribution < 1.29 is 24.2 Å². The van der Waals surface area contributed by atoms with Crippen LogP contribution >= 0.6 is 0 Å². The zero-order chi connectivity index (χ0) is 16.4. The van der Waals surface area contributed by atoms with Gasteiger partial charge in [0.25, 0.3) is 0 Å². The van der Waals surface area contributed by atoms with Crippen LogP contribution in [0.5, 0.6) is 0 Å². The maximum Gasteiger partial charge on any atom is 0.419 e. The van der Waals surface area contributed by atoms with Crippen LogP contribution in [0.1, 0.15) is 40.3 Å². The zero-order valence-electron chi connectivity index (χ0n) is 13.2. The van der Waals surface area contributed by atoms with Crippen LogP contribution in [-0.2, 0) is 19.7 Å². The topological polar surface area (TPSA) is 90.7 Å². The summed E-state index contributed by atoms with van der Waals surface area (Å²) in [6.07, 6.45) is 1.13. The van der Waals surface area contributed by atoms with Gasteiger partial charge in [-0.3, -0.25) is 0 Å². The number of imidazole rings is 1. The van der Waals surface area contributed by atoms with E-state index in [0.717, 1.165) is 0 Å². The van der Waals surface area contributed by atoms with E-state index in [4.69, 9.17) is 9.47 Å². The van der Waals surface area contributed by atoms with Gasteiger partial charge in [0, 0.05) is 18.7 Å². The van der Waals surface area contributed by atoms with E-state index in [0.29, 0.717) is 5.69 Å². The van der Waals surface area contributed by atoms with Gasteiger partial charge < -0.3 is 14.6 Å². The molecule has 0 bridgehead atoms. The van der Waals surface area contributed by atoms with E-state index in [1.54, 1.807) is 34.6 Å². The molecule has 0 fully saturated rings. The summed E-state index contributed by atoms with van der Waals surface area (Å²) in [5, 5.41) is 9.19. The first kappa shape index (κ1) is 17.2. The van der Waals surface area contributed by atoms with Crippen molar-refractivity contribution in [2.45, 2.75) is 51.7 Å². The van der Waals surface area contributed by atoms with E-state index >= 15 is 0 Å². The van der Waals surface area contributed by atoms with Crippen LogP contribution in [0.3, 0.4) is 0 Å². The molecule has 1 N–H and O–H groups in total. The number of methoxy groups -OCH3 is 1. The Labute approximate surface area is 123 Å². The Bertz CT molecular complexity index is 528. The molecule has 1 heterocycles. The molecule has 0 saturated heterocycles. The molecule has 0 saturated carbocycles. The minimum Gasteiger partial charge on any atom is -0.479 e. The van der Waals surface area contributed by atoms with Gasteiger partial charge in [-0.1, -0.05) is 13.8 Å². The van der Waals surface area contributed by atoms with Crippen LogP contribution in [0.25, 0.3) is 0 Å². The van der Waals surface area contributed by atoms with E-state index in [9.17, 15) is 14.7 Å². The Balaban J connectivity index is 3.02. The SMILES string of the molecule is COC(C(=O)O)C(C)(C)c1cn(C(=O)OC(C)(C)C)cn1. The fourth-order valence-electron chi connectivity index (χ4n) is 1.91. The van der Waals surface area contributed by atoms with Crippen LogP contribution in [0, 0.1) is 0 Å². The third-order valence-corrected chi connectivity index (χ3v) is 2.96. The maximum absolute atomic E-state index is 11.9. The number of carboxylic acid groups (broad SMARTS) is 1. The molecule has 0 spiro atoms. The molecule has 1 rings (SSSR count). The maximum atomic E-state index is 11.9. The molecule has 0 aromatic carbocycles. The average molecular weight is 298 g/mol. The largest absolute Gasteiger partial charge is 0.479 e. The number of aliphatic carboxylic acids is 1. The summed E-state index contributed by atoms with van der Waals surface area (Å²) in [6, 6.07) is 0. The highest BCUT2D eigenvalue weighted by molar-refractivity contribution is 5.75. The number of ether oxygens (including phenoxy) is 2. The number of rotatable bonds is 4. The van der Waals surface area contributed by atoms with Gasteiger partial charge in [0.1, 0.15) is 11.9 Å². The minimum absolute atomic E-state index is 0.433. The molecule has 7 nitrogen and oxygen atoms in total. The van der Waals surface area contributed by atoms with Crippen LogP contribution in [0.15, 0.2) is 12.5 Å². The van der Waals surface area contributed by atoms with Crippen LogP contribution in [0.4, 0.5) is 4.79 Å². The van der Waals surface area contributed by atoms with Crippen molar-refractivity contribution >= 4 is 12.1 Å². The Morgan fingerprint density at radius 3 is 2.29 bits per heavy atom. The molecule has 21 heavy (non-hydrogen) atoms. The highest BCUT2D eigenvalue weighted by Gasteiger charge is 2.39. The monoisotopic (exact) mass is 298 g/mol. The summed E-state index contributed by atoms with van der Waals surface area (Å²) in [6.45, 7) is 8.67. The van der Waals surface area contributed by atoms with Crippen molar-refractivity contribution in [3.05, 3.63) is 18.2 Å². The standard InChI is InChI=1S/C14H22N2O5/c1-13(2,3)21-12(19)16-7-9(15-8-16)14(4,5)10(20-6)11(17)18/h7-8,10H,1-6H3,(H,17,18). The number of carbonyl (C=O) groups excluding carboxylic acids is 1. The average Bonchev–Trinajstić information content (AvgIpc) is 2.75. The summed E-state index contributed by atoms with van der Waals surface area (Å²) >= 11 is 0. The van der Waals surface area contributed by atoms with Gasteiger partial charge in [-0.2, -0.15) is 0 Å². The third-order valence-electron chi connectivity index (χ3n) is 2.96. The molecule has 1 aromatic heterocycles. The summed E-state index contributed by atoms with van der Waals surface area (Å²) in [5.74, 6) is -1.09. The molecule has 7 heteroatoms. The lowest BCUT2D eigenvalue weighted by molar-refractivity contribution is -0.152. The fraction of sp³-hybridized carbons (Fsp3) is 0.643. The second-order valence-corrected chi connectivity index (χ2v) is 6.32. The molecule has 1 unspecified atom stereocenters. The predicted octanol–water partition coefficient (Wildman–Crippen LogP) is 2.04. The van der Waals surface area contributed by atoms with E-state index in [2.05, 4.69) is 4.98 Å². The normalized spacial score (nSPS) is 13.8. The number of nitrogens with zero attached hydrogens (tertiary/aromatic N) is 2. The van der Waals surface area contributed by atoms with Crippen molar-refractivity contribution in [3.63, 3.8) is 0 Å². The minimum atomic E-state index is -1.09. The van der Waals surface area contributed by atoms with Crippen molar-refractivity contribution in [2.75, 3.05) is 7.11 Å². The molecule has 0 aliphatic carbocycles. The Hall–Kier alpha value is -1.89. The van der Waals surface area contributed by atoms with Gasteiger partial charge in [-0.15, -0.1) is 0 Å². The molecule has 0 aliphatic heterocycles. The molecule has 0 amide bonds. The third kappa shape index (κ3) is 4.04. The number of carboxylic acids is 1. The molecule has 1 aromatic rings. The van der Waals surface area contributed by atoms with Crippen LogP contribution in [0.2, 0.25) is 0 Å². The fourth-order valence-corrected chi connectivity index (χ4v) is 1.91. The predicted molar refractivity (Wildman–Crippen MR) is 75.3 cm³/mol. The second kappa shape index (κ2) is 5.85. The Kier molecular flexibility index (Phi) is 4.78. The lowest BCUT2D eigenvalue weighted by Gasteiger charge is -2.28. The van der Waals surface area contributed by atoms with Gasteiger partial charge in [-0.25, -0.2) is 19.1 Å². The first-order valence-corrected chi connectivity index (χ1v) is 6.52. The Morgan fingerprint density at radius 2 is 1.86 bits per heavy atom. The van der Waals surface area contributed by atoms with E-state index in [-0.39, 0.29) is 0 Å². The number of aromatic nitrogens is 2. The summed E-state index contributed by atoms with van der Waals surface area (Å²) in [7, 11) is 1.32. The van der Waals surface area contributed by atoms with Gasteiger partial charge >= 0.3 is 12.1 Å². The summed E-state index contributed by atoms with van der Waals surface area (Å²) in [4.78, 5) is 27.3. The highest BCUT2D eigenvalue weighted by Crippen LogP contribution is 2.28. The molecule has 118 valence electrons. The first-order chi connectivity index (χ1) is 9.49. The lowest BCUT2D eigenvalue weighted by atomic mass is 9.83. The highest BCUT2D eigenvalue weighted by atomic mass is 16.6. The van der Waals surface area contributed by atoms with Crippen LogP contribution < -0.4 is 0 Å². The van der Waals surface area contributed by atoms with E-state index in [1.165, 1.54) is 24.2 Å². The van der Waals surface area contributed by atoms with Crippen molar-refractivity contribution in [1.82, 2.24) is 9.55 Å². The first-order valence-electron chi connectivity index (χ1n) is 6.52. The molecular formula is C14H22N2O5. The number of hydrogen-bond donors (Lipinski definition) is 1. The van der Waals surface area contributed by atoms with Crippen molar-refractivity contribution in [3.8, 4) is 0 Å². The smallest absolute Gasteiger partial charge is 0.419 e. The molecule has 0 aliphatic rings. The lowest BCUT2D eigenvalue weighted by Crippen LogP contribution is -2.41. The second-order valence-electron chi connectivity index (χ2n) is 6.32. The van der Waals surface area contributed by atoms with Gasteiger partial charge in [0.2, 0.25) is 0 Å². The van der Waals surface area contributed by atoms with Gasteiger partial charge in [-0.05, 0) is 20.8 Å². The molecular weight excluding hydrogens is 276 g/mol. The summed E-state index contributed by atoms with van der Waals surface area (Å²) < 4.78 is 11.4. The molecule has 1 atom stereocenters. The number of hydrogen-bond acceptors (Lipinski definition) is 5. The van der Waals surface area contributed by atoms with Crippen molar-refractivity contribution in [1.29, 1.82) is 0 Å². The van der Waals surface area contributed by atoms with Gasteiger partial charge in [0.15, 0.2) is 6.10 Å². The van der Waals surface area contributed by atoms with E-state index in [1.807, 2.05) is 0 Å². The Morgan fingerprint density at radius 1 is 1.29 bits per heavy atom. The summed E-state index contributed by atoms with van der Waals surface area (Å²) in [5.41, 5.74) is -1.08. The van der Waals surface area contributed by atoms with Gasteiger partial charge in [0.05, 0.1) is 5.69 Å². The number of carbonyl (C=O) groups is 2. The molecule has 0 radical (unpaired) electrons. The van der Waals surface area contributed by atoms with E-state index < -0.39 is 29.2 Å². The zero-order valence-corrected chi connectivity index (χ0v) is 13.2.